The number of hydrogen-bond donors (Lipinski definition) is 1. The second-order valence-corrected chi connectivity index (χ2v) is 12.1. The van der Waals surface area contributed by atoms with Gasteiger partial charge in [0.25, 0.3) is 0 Å². The molecule has 1 unspecified atom stereocenters. The Morgan fingerprint density at radius 1 is 1.14 bits per heavy atom. The number of carbonyl (C=O) groups excluding carboxylic acids is 3. The van der Waals surface area contributed by atoms with Crippen molar-refractivity contribution in [3.05, 3.63) is 48.0 Å². The Labute approximate surface area is 218 Å². The van der Waals surface area contributed by atoms with Crippen LogP contribution in [0, 0.1) is 35.0 Å². The first-order valence-corrected chi connectivity index (χ1v) is 13.7. The van der Waals surface area contributed by atoms with Crippen LogP contribution in [0.3, 0.4) is 0 Å². The van der Waals surface area contributed by atoms with Crippen molar-refractivity contribution in [2.24, 2.45) is 35.0 Å². The minimum absolute atomic E-state index is 0.0353. The first kappa shape index (κ1) is 24.8. The number of esters is 1. The number of epoxide rings is 2. The molecule has 3 saturated heterocycles. The molecule has 198 valence electrons. The number of hydrogen-bond acceptors (Lipinski definition) is 6. The van der Waals surface area contributed by atoms with Gasteiger partial charge in [0.05, 0.1) is 17.8 Å². The molecule has 3 aliphatic heterocycles. The number of carbonyl (C=O) groups is 3. The molecule has 6 rings (SSSR count). The van der Waals surface area contributed by atoms with Crippen LogP contribution in [-0.2, 0) is 35.0 Å². The maximum Gasteiger partial charge on any atom is 0.303 e. The molecule has 1 spiro atoms. The molecule has 1 aromatic carbocycles. The van der Waals surface area contributed by atoms with Crippen molar-refractivity contribution in [3.63, 3.8) is 0 Å². The summed E-state index contributed by atoms with van der Waals surface area (Å²) in [5.74, 6) is -1.35. The van der Waals surface area contributed by atoms with Crippen LogP contribution in [-0.4, -0.2) is 53.7 Å². The summed E-state index contributed by atoms with van der Waals surface area (Å²) in [4.78, 5) is 40.1. The van der Waals surface area contributed by atoms with E-state index >= 15 is 0 Å². The molecule has 37 heavy (non-hydrogen) atoms. The minimum atomic E-state index is -1.06. The third kappa shape index (κ3) is 3.57. The summed E-state index contributed by atoms with van der Waals surface area (Å²) < 4.78 is 18.7. The Morgan fingerprint density at radius 2 is 1.86 bits per heavy atom. The Hall–Kier alpha value is -2.51. The SMILES string of the molecule is CC(=O)O[C@@H]1[C@@H]2O[C@H]2[C@H](C)C(=O)[C@@H](C)C/C=C\C2[C@@H]3O[C@]3(C)[C@@H](C)[C@H]3[C@H](Cc4ccccc4)NC(=O)[C@@]231. The zero-order valence-electron chi connectivity index (χ0n) is 22.2. The lowest BCUT2D eigenvalue weighted by molar-refractivity contribution is -0.171. The van der Waals surface area contributed by atoms with E-state index in [4.69, 9.17) is 14.2 Å². The summed E-state index contributed by atoms with van der Waals surface area (Å²) >= 11 is 0. The monoisotopic (exact) mass is 507 g/mol. The van der Waals surface area contributed by atoms with Gasteiger partial charge < -0.3 is 19.5 Å². The van der Waals surface area contributed by atoms with E-state index in [2.05, 4.69) is 37.4 Å². The molecule has 3 heterocycles. The van der Waals surface area contributed by atoms with Gasteiger partial charge in [-0.1, -0.05) is 63.3 Å². The number of amides is 1. The number of fused-ring (bicyclic) bond motifs is 3. The fourth-order valence-corrected chi connectivity index (χ4v) is 8.01. The largest absolute Gasteiger partial charge is 0.458 e. The highest BCUT2D eigenvalue weighted by Gasteiger charge is 2.80. The van der Waals surface area contributed by atoms with Crippen molar-refractivity contribution in [2.75, 3.05) is 0 Å². The maximum absolute atomic E-state index is 14.4. The lowest BCUT2D eigenvalue weighted by Gasteiger charge is -2.49. The van der Waals surface area contributed by atoms with E-state index in [1.54, 1.807) is 0 Å². The predicted molar refractivity (Wildman–Crippen MR) is 135 cm³/mol. The van der Waals surface area contributed by atoms with Crippen molar-refractivity contribution in [3.8, 4) is 0 Å². The van der Waals surface area contributed by atoms with Crippen molar-refractivity contribution in [1.82, 2.24) is 5.32 Å². The number of rotatable bonds is 3. The normalized spacial score (nSPS) is 48.8. The Bertz CT molecular complexity index is 1150. The fourth-order valence-electron chi connectivity index (χ4n) is 8.01. The van der Waals surface area contributed by atoms with E-state index in [1.165, 1.54) is 6.92 Å². The van der Waals surface area contributed by atoms with Gasteiger partial charge in [0, 0.05) is 36.6 Å². The number of nitrogens with one attached hydrogen (secondary N) is 1. The summed E-state index contributed by atoms with van der Waals surface area (Å²) in [7, 11) is 0. The van der Waals surface area contributed by atoms with Gasteiger partial charge in [0.1, 0.15) is 23.4 Å². The van der Waals surface area contributed by atoms with Crippen LogP contribution < -0.4 is 5.32 Å². The summed E-state index contributed by atoms with van der Waals surface area (Å²) in [6.45, 7) is 9.52. The molecule has 4 fully saturated rings. The molecular weight excluding hydrogens is 470 g/mol. The van der Waals surface area contributed by atoms with Crippen LogP contribution in [0.15, 0.2) is 42.5 Å². The third-order valence-corrected chi connectivity index (χ3v) is 10.1. The Balaban J connectivity index is 1.51. The van der Waals surface area contributed by atoms with Crippen molar-refractivity contribution < 1.29 is 28.6 Å². The van der Waals surface area contributed by atoms with Gasteiger partial charge in [-0.15, -0.1) is 0 Å². The fraction of sp³-hybridized carbons (Fsp3) is 0.633. The molecule has 0 bridgehead atoms. The van der Waals surface area contributed by atoms with Crippen molar-refractivity contribution in [1.29, 1.82) is 0 Å². The summed E-state index contributed by atoms with van der Waals surface area (Å²) in [6.07, 6.45) is 3.51. The van der Waals surface area contributed by atoms with Crippen LogP contribution in [0.4, 0.5) is 0 Å². The average Bonchev–Trinajstić information content (AvgIpc) is 3.76. The Kier molecular flexibility index (Phi) is 5.70. The topological polar surface area (TPSA) is 97.5 Å². The van der Waals surface area contributed by atoms with Crippen LogP contribution in [0.1, 0.15) is 46.6 Å². The van der Waals surface area contributed by atoms with Crippen LogP contribution in [0.25, 0.3) is 0 Å². The van der Waals surface area contributed by atoms with E-state index in [9.17, 15) is 14.4 Å². The van der Waals surface area contributed by atoms with Gasteiger partial charge in [-0.3, -0.25) is 14.4 Å². The quantitative estimate of drug-likeness (QED) is 0.383. The van der Waals surface area contributed by atoms with E-state index < -0.39 is 23.6 Å². The zero-order valence-corrected chi connectivity index (χ0v) is 22.2. The predicted octanol–water partition coefficient (Wildman–Crippen LogP) is 3.25. The first-order valence-electron chi connectivity index (χ1n) is 13.7. The summed E-state index contributed by atoms with van der Waals surface area (Å²) in [6, 6.07) is 10.0. The lowest BCUT2D eigenvalue weighted by Crippen LogP contribution is -2.62. The molecule has 12 atom stereocenters. The number of allylic oxidation sites excluding steroid dienone is 1. The standard InChI is InChI=1S/C30H37NO6/c1-15-10-9-13-20-26-29(5,37-26)17(3)22-21(14-19-11-7-6-8-12-19)31-28(34)30(20,22)27(35-18(4)32)25-24(36-25)16(2)23(15)33/h6-9,11-13,15-17,20-22,24-27H,10,14H2,1-5H3,(H,31,34)/b13-9-/t15-,16+,17-,20?,21-,22-,24-,25+,26-,27+,29+,30-/m0/s1. The molecular formula is C30H37NO6. The van der Waals surface area contributed by atoms with Gasteiger partial charge in [0.2, 0.25) is 5.91 Å². The van der Waals surface area contributed by atoms with Crippen LogP contribution >= 0.6 is 0 Å². The van der Waals surface area contributed by atoms with E-state index in [-0.39, 0.29) is 65.1 Å². The van der Waals surface area contributed by atoms with Crippen LogP contribution in [0.2, 0.25) is 0 Å². The van der Waals surface area contributed by atoms with Gasteiger partial charge in [-0.2, -0.15) is 0 Å². The van der Waals surface area contributed by atoms with E-state index in [1.807, 2.05) is 38.1 Å². The maximum atomic E-state index is 14.4. The smallest absolute Gasteiger partial charge is 0.303 e. The molecule has 0 radical (unpaired) electrons. The molecule has 1 aromatic rings. The zero-order chi connectivity index (χ0) is 26.3. The molecule has 1 N–H and O–H groups in total. The highest BCUT2D eigenvalue weighted by molar-refractivity contribution is 5.89. The molecule has 2 aliphatic carbocycles. The second-order valence-electron chi connectivity index (χ2n) is 12.1. The van der Waals surface area contributed by atoms with E-state index in [0.29, 0.717) is 12.8 Å². The van der Waals surface area contributed by atoms with E-state index in [0.717, 1.165) is 5.56 Å². The molecule has 1 amide bonds. The number of benzene rings is 1. The number of Topliss-reactive ketones (excluding diaryl/α,β-unsaturated/α-hetero) is 1. The summed E-state index contributed by atoms with van der Waals surface area (Å²) in [5, 5.41) is 3.35. The lowest BCUT2D eigenvalue weighted by atomic mass is 9.50. The Morgan fingerprint density at radius 3 is 2.57 bits per heavy atom. The number of ether oxygens (including phenoxy) is 3. The number of ketones is 1. The van der Waals surface area contributed by atoms with Gasteiger partial charge in [-0.05, 0) is 31.2 Å². The highest BCUT2D eigenvalue weighted by Crippen LogP contribution is 2.68. The third-order valence-electron chi connectivity index (χ3n) is 10.1. The van der Waals surface area contributed by atoms with Crippen molar-refractivity contribution >= 4 is 17.7 Å². The molecule has 1 saturated carbocycles. The molecule has 0 aromatic heterocycles. The van der Waals surface area contributed by atoms with Crippen molar-refractivity contribution in [2.45, 2.75) is 83.5 Å². The molecule has 7 heteroatoms. The first-order chi connectivity index (χ1) is 17.6. The average molecular weight is 508 g/mol. The molecule has 5 aliphatic rings. The second kappa shape index (κ2) is 8.50. The van der Waals surface area contributed by atoms with Crippen LogP contribution in [0.5, 0.6) is 0 Å². The molecule has 7 nitrogen and oxygen atoms in total. The van der Waals surface area contributed by atoms with Gasteiger partial charge in [0.15, 0.2) is 0 Å². The van der Waals surface area contributed by atoms with Gasteiger partial charge in [-0.25, -0.2) is 0 Å². The van der Waals surface area contributed by atoms with Gasteiger partial charge >= 0.3 is 5.97 Å². The minimum Gasteiger partial charge on any atom is -0.458 e. The highest BCUT2D eigenvalue weighted by atomic mass is 16.6. The summed E-state index contributed by atoms with van der Waals surface area (Å²) in [5.41, 5.74) is -0.288.